The van der Waals surface area contributed by atoms with Crippen LogP contribution in [-0.4, -0.2) is 24.0 Å². The van der Waals surface area contributed by atoms with E-state index in [9.17, 15) is 4.79 Å². The van der Waals surface area contributed by atoms with E-state index in [1.165, 1.54) is 0 Å². The number of nitrogens with zero attached hydrogens (tertiary/aromatic N) is 1. The second kappa shape index (κ2) is 5.36. The zero-order valence-corrected chi connectivity index (χ0v) is 9.16. The lowest BCUT2D eigenvalue weighted by atomic mass is 10.2. The second-order valence-corrected chi connectivity index (χ2v) is 3.20. The average molecular weight is 207 g/mol. The van der Waals surface area contributed by atoms with Crippen molar-refractivity contribution in [1.82, 2.24) is 10.4 Å². The summed E-state index contributed by atoms with van der Waals surface area (Å²) >= 11 is 0. The number of benzene rings is 1. The first-order valence-corrected chi connectivity index (χ1v) is 5.09. The van der Waals surface area contributed by atoms with E-state index < -0.39 is 0 Å². The third-order valence-corrected chi connectivity index (χ3v) is 2.23. The zero-order chi connectivity index (χ0) is 11.3. The largest absolute Gasteiger partial charge is 0.398 e. The lowest BCUT2D eigenvalue weighted by molar-refractivity contribution is 0.0806. The molecular weight excluding hydrogens is 190 g/mol. The number of carbonyl (C=O) groups excluding carboxylic acids is 1. The van der Waals surface area contributed by atoms with Gasteiger partial charge < -0.3 is 5.73 Å². The fourth-order valence-corrected chi connectivity index (χ4v) is 1.29. The summed E-state index contributed by atoms with van der Waals surface area (Å²) in [6, 6.07) is 7.04. The van der Waals surface area contributed by atoms with Crippen LogP contribution in [0.5, 0.6) is 0 Å². The highest BCUT2D eigenvalue weighted by atomic mass is 16.2. The van der Waals surface area contributed by atoms with Crippen molar-refractivity contribution in [2.75, 3.05) is 18.8 Å². The number of para-hydroxylation sites is 1. The number of rotatable bonds is 4. The molecule has 0 bridgehead atoms. The van der Waals surface area contributed by atoms with Crippen molar-refractivity contribution in [2.45, 2.75) is 13.8 Å². The van der Waals surface area contributed by atoms with E-state index in [2.05, 4.69) is 5.43 Å². The summed E-state index contributed by atoms with van der Waals surface area (Å²) in [5.41, 5.74) is 9.51. The molecule has 0 radical (unpaired) electrons. The molecule has 1 aromatic carbocycles. The van der Waals surface area contributed by atoms with Gasteiger partial charge in [0.2, 0.25) is 0 Å². The quantitative estimate of drug-likeness (QED) is 0.577. The van der Waals surface area contributed by atoms with E-state index in [1.54, 1.807) is 18.2 Å². The molecule has 1 amide bonds. The third-order valence-electron chi connectivity index (χ3n) is 2.23. The van der Waals surface area contributed by atoms with Gasteiger partial charge in [0.1, 0.15) is 0 Å². The van der Waals surface area contributed by atoms with E-state index in [4.69, 9.17) is 5.73 Å². The number of anilines is 1. The third kappa shape index (κ3) is 2.95. The van der Waals surface area contributed by atoms with Gasteiger partial charge in [-0.3, -0.25) is 10.2 Å². The number of amides is 1. The van der Waals surface area contributed by atoms with Gasteiger partial charge in [0, 0.05) is 18.8 Å². The van der Waals surface area contributed by atoms with Crippen LogP contribution in [-0.2, 0) is 0 Å². The Hall–Kier alpha value is -1.55. The van der Waals surface area contributed by atoms with Gasteiger partial charge in [-0.2, -0.15) is 0 Å². The summed E-state index contributed by atoms with van der Waals surface area (Å²) in [6.07, 6.45) is 0. The molecule has 15 heavy (non-hydrogen) atoms. The van der Waals surface area contributed by atoms with E-state index in [1.807, 2.05) is 24.9 Å². The van der Waals surface area contributed by atoms with Crippen LogP contribution in [0.25, 0.3) is 0 Å². The first-order chi connectivity index (χ1) is 7.19. The summed E-state index contributed by atoms with van der Waals surface area (Å²) in [5, 5.41) is 1.83. The van der Waals surface area contributed by atoms with Crippen molar-refractivity contribution in [3.05, 3.63) is 29.8 Å². The molecule has 0 aliphatic carbocycles. The number of hydrazine groups is 1. The van der Waals surface area contributed by atoms with E-state index in [-0.39, 0.29) is 5.91 Å². The Labute approximate surface area is 90.0 Å². The highest BCUT2D eigenvalue weighted by Gasteiger charge is 2.10. The van der Waals surface area contributed by atoms with Gasteiger partial charge in [-0.15, -0.1) is 0 Å². The fraction of sp³-hybridized carbons (Fsp3) is 0.364. The monoisotopic (exact) mass is 207 g/mol. The number of nitrogens with one attached hydrogen (secondary N) is 1. The molecule has 0 aliphatic heterocycles. The van der Waals surface area contributed by atoms with Crippen LogP contribution in [0.4, 0.5) is 5.69 Å². The summed E-state index contributed by atoms with van der Waals surface area (Å²) < 4.78 is 0. The van der Waals surface area contributed by atoms with Crippen LogP contribution in [0.15, 0.2) is 24.3 Å². The number of hydrogen-bond donors (Lipinski definition) is 2. The second-order valence-electron chi connectivity index (χ2n) is 3.20. The maximum atomic E-state index is 11.8. The number of nitrogens with two attached hydrogens (primary N) is 1. The summed E-state index contributed by atoms with van der Waals surface area (Å²) in [5.74, 6) is -0.156. The maximum absolute atomic E-state index is 11.8. The lowest BCUT2D eigenvalue weighted by Gasteiger charge is -2.19. The maximum Gasteiger partial charge on any atom is 0.267 e. The lowest BCUT2D eigenvalue weighted by Crippen LogP contribution is -2.42. The normalized spacial score (nSPS) is 10.3. The molecule has 1 aromatic rings. The van der Waals surface area contributed by atoms with E-state index in [0.717, 1.165) is 13.1 Å². The van der Waals surface area contributed by atoms with Crippen LogP contribution in [0, 0.1) is 0 Å². The molecule has 0 atom stereocenters. The molecule has 82 valence electrons. The van der Waals surface area contributed by atoms with Crippen molar-refractivity contribution < 1.29 is 4.79 Å². The molecule has 0 spiro atoms. The molecule has 0 fully saturated rings. The molecule has 0 unspecified atom stereocenters. The number of hydrogen-bond acceptors (Lipinski definition) is 3. The standard InChI is InChI=1S/C11H17N3O/c1-3-14(4-2)13-11(15)9-7-5-6-8-10(9)12/h5-8H,3-4,12H2,1-2H3,(H,13,15). The molecule has 0 saturated heterocycles. The fourth-order valence-electron chi connectivity index (χ4n) is 1.29. The number of carbonyl (C=O) groups is 1. The topological polar surface area (TPSA) is 58.4 Å². The van der Waals surface area contributed by atoms with Crippen LogP contribution >= 0.6 is 0 Å². The molecular formula is C11H17N3O. The van der Waals surface area contributed by atoms with Crippen LogP contribution < -0.4 is 11.2 Å². The average Bonchev–Trinajstić information content (AvgIpc) is 2.26. The van der Waals surface area contributed by atoms with Gasteiger partial charge in [-0.25, -0.2) is 5.01 Å². The summed E-state index contributed by atoms with van der Waals surface area (Å²) in [4.78, 5) is 11.8. The molecule has 0 saturated carbocycles. The Morgan fingerprint density at radius 3 is 2.47 bits per heavy atom. The molecule has 0 aliphatic rings. The highest BCUT2D eigenvalue weighted by Crippen LogP contribution is 2.09. The molecule has 0 aromatic heterocycles. The molecule has 3 N–H and O–H groups in total. The molecule has 1 rings (SSSR count). The Morgan fingerprint density at radius 1 is 1.33 bits per heavy atom. The Bertz CT molecular complexity index is 334. The zero-order valence-electron chi connectivity index (χ0n) is 9.16. The van der Waals surface area contributed by atoms with Crippen LogP contribution in [0.1, 0.15) is 24.2 Å². The van der Waals surface area contributed by atoms with Gasteiger partial charge in [0.05, 0.1) is 5.56 Å². The van der Waals surface area contributed by atoms with Gasteiger partial charge in [-0.05, 0) is 12.1 Å². The molecule has 4 heteroatoms. The minimum atomic E-state index is -0.156. The van der Waals surface area contributed by atoms with Gasteiger partial charge >= 0.3 is 0 Å². The van der Waals surface area contributed by atoms with E-state index >= 15 is 0 Å². The first kappa shape index (κ1) is 11.5. The summed E-state index contributed by atoms with van der Waals surface area (Å²) in [6.45, 7) is 5.51. The first-order valence-electron chi connectivity index (χ1n) is 5.09. The predicted molar refractivity (Wildman–Crippen MR) is 61.2 cm³/mol. The molecule has 4 nitrogen and oxygen atoms in total. The number of nitrogen functional groups attached to an aromatic ring is 1. The minimum absolute atomic E-state index is 0.156. The highest BCUT2D eigenvalue weighted by molar-refractivity contribution is 5.98. The van der Waals surface area contributed by atoms with Crippen molar-refractivity contribution in [2.24, 2.45) is 0 Å². The smallest absolute Gasteiger partial charge is 0.267 e. The van der Waals surface area contributed by atoms with Crippen LogP contribution in [0.2, 0.25) is 0 Å². The van der Waals surface area contributed by atoms with Crippen LogP contribution in [0.3, 0.4) is 0 Å². The van der Waals surface area contributed by atoms with Crippen molar-refractivity contribution >= 4 is 11.6 Å². The van der Waals surface area contributed by atoms with E-state index in [0.29, 0.717) is 11.3 Å². The Kier molecular flexibility index (Phi) is 4.12. The van der Waals surface area contributed by atoms with Gasteiger partial charge in [-0.1, -0.05) is 26.0 Å². The molecule has 0 heterocycles. The van der Waals surface area contributed by atoms with Crippen molar-refractivity contribution in [1.29, 1.82) is 0 Å². The minimum Gasteiger partial charge on any atom is -0.398 e. The van der Waals surface area contributed by atoms with Crippen molar-refractivity contribution in [3.8, 4) is 0 Å². The summed E-state index contributed by atoms with van der Waals surface area (Å²) in [7, 11) is 0. The SMILES string of the molecule is CCN(CC)NC(=O)c1ccccc1N. The Morgan fingerprint density at radius 2 is 1.93 bits per heavy atom. The predicted octanol–water partition coefficient (Wildman–Crippen LogP) is 1.26. The Balaban J connectivity index is 2.73. The van der Waals surface area contributed by atoms with Gasteiger partial charge in [0.15, 0.2) is 0 Å². The van der Waals surface area contributed by atoms with Crippen molar-refractivity contribution in [3.63, 3.8) is 0 Å². The van der Waals surface area contributed by atoms with Gasteiger partial charge in [0.25, 0.3) is 5.91 Å².